The van der Waals surface area contributed by atoms with E-state index in [2.05, 4.69) is 15.6 Å². The molecule has 0 bridgehead atoms. The van der Waals surface area contributed by atoms with Crippen molar-refractivity contribution in [1.82, 2.24) is 10.3 Å². The van der Waals surface area contributed by atoms with Crippen molar-refractivity contribution >= 4 is 29.0 Å². The van der Waals surface area contributed by atoms with Crippen molar-refractivity contribution in [2.45, 2.75) is 12.5 Å². The fourth-order valence-electron chi connectivity index (χ4n) is 1.46. The number of pyridine rings is 1. The molecule has 1 fully saturated rings. The zero-order valence-corrected chi connectivity index (χ0v) is 8.71. The fourth-order valence-corrected chi connectivity index (χ4v) is 1.69. The van der Waals surface area contributed by atoms with Gasteiger partial charge in [0.25, 0.3) is 0 Å². The summed E-state index contributed by atoms with van der Waals surface area (Å²) in [5.74, 6) is 0.603. The summed E-state index contributed by atoms with van der Waals surface area (Å²) < 4.78 is 0. The van der Waals surface area contributed by atoms with Crippen LogP contribution in [0.25, 0.3) is 0 Å². The van der Waals surface area contributed by atoms with E-state index >= 15 is 0 Å². The number of carbonyl (C=O) groups is 1. The zero-order chi connectivity index (χ0) is 10.8. The third kappa shape index (κ3) is 2.30. The van der Waals surface area contributed by atoms with E-state index in [1.807, 2.05) is 0 Å². The largest absolute Gasteiger partial charge is 0.397 e. The first kappa shape index (κ1) is 10.0. The second-order valence-electron chi connectivity index (χ2n) is 3.45. The van der Waals surface area contributed by atoms with E-state index < -0.39 is 0 Å². The summed E-state index contributed by atoms with van der Waals surface area (Å²) in [5, 5.41) is 6.28. The van der Waals surface area contributed by atoms with Crippen LogP contribution in [-0.2, 0) is 4.79 Å². The predicted octanol–water partition coefficient (Wildman–Crippen LogP) is 0.618. The molecule has 0 saturated carbocycles. The number of aromatic nitrogens is 1. The van der Waals surface area contributed by atoms with Gasteiger partial charge < -0.3 is 16.4 Å². The topological polar surface area (TPSA) is 80.0 Å². The molecule has 4 N–H and O–H groups in total. The Hall–Kier alpha value is -1.49. The van der Waals surface area contributed by atoms with Gasteiger partial charge in [0.1, 0.15) is 5.82 Å². The molecule has 1 aliphatic heterocycles. The monoisotopic (exact) mass is 226 g/mol. The van der Waals surface area contributed by atoms with Crippen molar-refractivity contribution in [1.29, 1.82) is 0 Å². The lowest BCUT2D eigenvalue weighted by Gasteiger charge is -2.12. The molecule has 1 atom stereocenters. The quantitative estimate of drug-likeness (QED) is 0.691. The van der Waals surface area contributed by atoms with E-state index in [0.29, 0.717) is 29.5 Å². The second-order valence-corrected chi connectivity index (χ2v) is 3.86. The number of anilines is 2. The highest BCUT2D eigenvalue weighted by Crippen LogP contribution is 2.22. The highest BCUT2D eigenvalue weighted by Gasteiger charge is 2.21. The molecule has 2 heterocycles. The van der Waals surface area contributed by atoms with Crippen LogP contribution < -0.4 is 16.4 Å². The summed E-state index contributed by atoms with van der Waals surface area (Å²) in [6.45, 7) is 0.598. The molecule has 15 heavy (non-hydrogen) atoms. The molecular formula is C9H11ClN4O. The van der Waals surface area contributed by atoms with Gasteiger partial charge in [-0.05, 0) is 6.07 Å². The van der Waals surface area contributed by atoms with Crippen LogP contribution in [0.5, 0.6) is 0 Å². The number of halogens is 1. The first-order valence-electron chi connectivity index (χ1n) is 4.59. The van der Waals surface area contributed by atoms with Crippen LogP contribution in [0.2, 0.25) is 5.02 Å². The van der Waals surface area contributed by atoms with Crippen molar-refractivity contribution in [3.63, 3.8) is 0 Å². The Morgan fingerprint density at radius 2 is 2.47 bits per heavy atom. The summed E-state index contributed by atoms with van der Waals surface area (Å²) in [7, 11) is 0. The molecule has 6 heteroatoms. The average molecular weight is 227 g/mol. The van der Waals surface area contributed by atoms with Gasteiger partial charge in [0.15, 0.2) is 0 Å². The number of carbonyl (C=O) groups excluding carboxylic acids is 1. The molecule has 80 valence electrons. The molecule has 5 nitrogen and oxygen atoms in total. The minimum absolute atomic E-state index is 0.0408. The van der Waals surface area contributed by atoms with Crippen LogP contribution in [0, 0.1) is 0 Å². The van der Waals surface area contributed by atoms with Gasteiger partial charge in [-0.25, -0.2) is 4.98 Å². The molecule has 1 aromatic rings. The Morgan fingerprint density at radius 1 is 1.67 bits per heavy atom. The van der Waals surface area contributed by atoms with Crippen molar-refractivity contribution in [3.05, 3.63) is 17.3 Å². The summed E-state index contributed by atoms with van der Waals surface area (Å²) in [4.78, 5) is 15.0. The number of nitrogens with zero attached hydrogens (tertiary/aromatic N) is 1. The molecule has 1 aromatic heterocycles. The van der Waals surface area contributed by atoms with Crippen molar-refractivity contribution in [2.24, 2.45) is 0 Å². The summed E-state index contributed by atoms with van der Waals surface area (Å²) in [6.07, 6.45) is 1.97. The maximum absolute atomic E-state index is 11.0. The van der Waals surface area contributed by atoms with Crippen LogP contribution in [0.1, 0.15) is 6.42 Å². The molecule has 0 aliphatic carbocycles. The highest BCUT2D eigenvalue weighted by molar-refractivity contribution is 6.33. The van der Waals surface area contributed by atoms with Gasteiger partial charge >= 0.3 is 0 Å². The van der Waals surface area contributed by atoms with Gasteiger partial charge in [-0.3, -0.25) is 4.79 Å². The van der Waals surface area contributed by atoms with Crippen molar-refractivity contribution in [3.8, 4) is 0 Å². The number of amides is 1. The van der Waals surface area contributed by atoms with Gasteiger partial charge in [-0.15, -0.1) is 0 Å². The van der Waals surface area contributed by atoms with Crippen molar-refractivity contribution < 1.29 is 4.79 Å². The fraction of sp³-hybridized carbons (Fsp3) is 0.333. The number of hydrogen-bond donors (Lipinski definition) is 3. The maximum Gasteiger partial charge on any atom is 0.222 e. The molecule has 2 rings (SSSR count). The molecular weight excluding hydrogens is 216 g/mol. The zero-order valence-electron chi connectivity index (χ0n) is 7.96. The average Bonchev–Trinajstić information content (AvgIpc) is 2.56. The smallest absolute Gasteiger partial charge is 0.222 e. The van der Waals surface area contributed by atoms with Crippen LogP contribution in [0.4, 0.5) is 11.5 Å². The highest BCUT2D eigenvalue weighted by atomic mass is 35.5. The first-order valence-corrected chi connectivity index (χ1v) is 4.97. The Morgan fingerprint density at radius 3 is 3.07 bits per heavy atom. The SMILES string of the molecule is Nc1cnc(NC2CNC(=O)C2)c(Cl)c1. The molecule has 0 radical (unpaired) electrons. The molecule has 0 spiro atoms. The molecule has 0 aromatic carbocycles. The van der Waals surface area contributed by atoms with E-state index in [1.165, 1.54) is 6.20 Å². The van der Waals surface area contributed by atoms with Gasteiger partial charge in [-0.1, -0.05) is 11.6 Å². The Balaban J connectivity index is 2.07. The predicted molar refractivity (Wildman–Crippen MR) is 58.7 cm³/mol. The number of nitrogen functional groups attached to an aromatic ring is 1. The molecule has 1 saturated heterocycles. The lowest BCUT2D eigenvalue weighted by Crippen LogP contribution is -2.23. The Labute approximate surface area is 92.0 Å². The standard InChI is InChI=1S/C9H11ClN4O/c10-7-1-5(11)3-13-9(7)14-6-2-8(15)12-4-6/h1,3,6H,2,4,11H2,(H,12,15)(H,13,14). The van der Waals surface area contributed by atoms with Crippen LogP contribution in [-0.4, -0.2) is 23.5 Å². The van der Waals surface area contributed by atoms with E-state index in [4.69, 9.17) is 17.3 Å². The summed E-state index contributed by atoms with van der Waals surface area (Å²) in [5.41, 5.74) is 6.04. The molecule has 1 unspecified atom stereocenters. The minimum atomic E-state index is 0.0408. The number of nitrogens with two attached hydrogens (primary N) is 1. The lowest BCUT2D eigenvalue weighted by atomic mass is 10.2. The van der Waals surface area contributed by atoms with E-state index in [9.17, 15) is 4.79 Å². The lowest BCUT2D eigenvalue weighted by molar-refractivity contribution is -0.119. The molecule has 1 aliphatic rings. The second kappa shape index (κ2) is 3.94. The molecule has 1 amide bonds. The first-order chi connectivity index (χ1) is 7.15. The minimum Gasteiger partial charge on any atom is -0.397 e. The normalized spacial score (nSPS) is 20.1. The van der Waals surface area contributed by atoms with Crippen molar-refractivity contribution in [2.75, 3.05) is 17.6 Å². The van der Waals surface area contributed by atoms with E-state index in [0.717, 1.165) is 0 Å². The Bertz CT molecular complexity index is 396. The number of nitrogens with one attached hydrogen (secondary N) is 2. The third-order valence-corrected chi connectivity index (χ3v) is 2.47. The summed E-state index contributed by atoms with van der Waals surface area (Å²) in [6, 6.07) is 1.67. The van der Waals surface area contributed by atoms with Crippen LogP contribution in [0.15, 0.2) is 12.3 Å². The van der Waals surface area contributed by atoms with Crippen LogP contribution in [0.3, 0.4) is 0 Å². The van der Waals surface area contributed by atoms with Gasteiger partial charge in [0.05, 0.1) is 22.9 Å². The number of rotatable bonds is 2. The Kier molecular flexibility index (Phi) is 2.64. The van der Waals surface area contributed by atoms with Gasteiger partial charge in [-0.2, -0.15) is 0 Å². The van der Waals surface area contributed by atoms with E-state index in [-0.39, 0.29) is 11.9 Å². The number of hydrogen-bond acceptors (Lipinski definition) is 4. The maximum atomic E-state index is 11.0. The van der Waals surface area contributed by atoms with Gasteiger partial charge in [0, 0.05) is 13.0 Å². The summed E-state index contributed by atoms with van der Waals surface area (Å²) >= 11 is 5.93. The van der Waals surface area contributed by atoms with E-state index in [1.54, 1.807) is 6.07 Å². The third-order valence-electron chi connectivity index (χ3n) is 2.18. The van der Waals surface area contributed by atoms with Crippen LogP contribution >= 0.6 is 11.6 Å². The van der Waals surface area contributed by atoms with Gasteiger partial charge in [0.2, 0.25) is 5.91 Å².